The molecule has 0 spiro atoms. The summed E-state index contributed by atoms with van der Waals surface area (Å²) in [4.78, 5) is 2.51. The fourth-order valence-corrected chi connectivity index (χ4v) is 4.01. The van der Waals surface area contributed by atoms with E-state index in [4.69, 9.17) is 0 Å². The van der Waals surface area contributed by atoms with E-state index in [2.05, 4.69) is 10.2 Å². The predicted octanol–water partition coefficient (Wildman–Crippen LogP) is 1.12. The van der Waals surface area contributed by atoms with Crippen molar-refractivity contribution in [2.45, 2.75) is 62.6 Å². The first-order valence-electron chi connectivity index (χ1n) is 7.00. The van der Waals surface area contributed by atoms with Crippen molar-refractivity contribution in [2.75, 3.05) is 19.6 Å². The van der Waals surface area contributed by atoms with Gasteiger partial charge in [-0.1, -0.05) is 12.8 Å². The highest BCUT2D eigenvalue weighted by Gasteiger charge is 2.52. The van der Waals surface area contributed by atoms with Gasteiger partial charge in [0, 0.05) is 18.6 Å². The fourth-order valence-electron chi connectivity index (χ4n) is 4.01. The first-order chi connectivity index (χ1) is 7.81. The van der Waals surface area contributed by atoms with Crippen LogP contribution in [0.5, 0.6) is 0 Å². The number of aliphatic hydroxyl groups is 1. The molecule has 3 unspecified atom stereocenters. The molecular weight excluding hydrogens is 200 g/mol. The SMILES string of the molecule is OC1(C2CCCCCN2)CCN2CCCC21. The molecule has 0 aromatic rings. The van der Waals surface area contributed by atoms with Crippen LogP contribution in [0.4, 0.5) is 0 Å². The summed E-state index contributed by atoms with van der Waals surface area (Å²) in [5.41, 5.74) is -0.430. The zero-order chi connectivity index (χ0) is 11.0. The molecule has 0 aromatic heterocycles. The second kappa shape index (κ2) is 4.28. The number of nitrogens with one attached hydrogen (secondary N) is 1. The van der Waals surface area contributed by atoms with E-state index in [0.29, 0.717) is 12.1 Å². The quantitative estimate of drug-likeness (QED) is 0.700. The molecule has 3 heteroatoms. The van der Waals surface area contributed by atoms with Crippen LogP contribution in [0.3, 0.4) is 0 Å². The minimum atomic E-state index is -0.430. The van der Waals surface area contributed by atoms with Gasteiger partial charge in [0.2, 0.25) is 0 Å². The Hall–Kier alpha value is -0.120. The van der Waals surface area contributed by atoms with Gasteiger partial charge in [-0.25, -0.2) is 0 Å². The van der Waals surface area contributed by atoms with E-state index >= 15 is 0 Å². The smallest absolute Gasteiger partial charge is 0.0966 e. The molecule has 0 amide bonds. The highest BCUT2D eigenvalue weighted by molar-refractivity contribution is 5.08. The van der Waals surface area contributed by atoms with E-state index in [1.807, 2.05) is 0 Å². The monoisotopic (exact) mass is 224 g/mol. The number of rotatable bonds is 1. The van der Waals surface area contributed by atoms with Gasteiger partial charge in [-0.3, -0.25) is 4.90 Å². The van der Waals surface area contributed by atoms with Crippen LogP contribution in [0.15, 0.2) is 0 Å². The maximum Gasteiger partial charge on any atom is 0.0966 e. The van der Waals surface area contributed by atoms with E-state index in [1.165, 1.54) is 45.1 Å². The van der Waals surface area contributed by atoms with Crippen molar-refractivity contribution in [3.8, 4) is 0 Å². The molecule has 3 aliphatic heterocycles. The second-order valence-electron chi connectivity index (χ2n) is 5.79. The summed E-state index contributed by atoms with van der Waals surface area (Å²) in [5.74, 6) is 0. The van der Waals surface area contributed by atoms with Gasteiger partial charge in [-0.05, 0) is 45.2 Å². The van der Waals surface area contributed by atoms with Gasteiger partial charge >= 0.3 is 0 Å². The third-order valence-corrected chi connectivity index (χ3v) is 4.90. The average molecular weight is 224 g/mol. The van der Waals surface area contributed by atoms with Gasteiger partial charge in [-0.15, -0.1) is 0 Å². The number of hydrogen-bond donors (Lipinski definition) is 2. The van der Waals surface area contributed by atoms with Crippen molar-refractivity contribution in [3.05, 3.63) is 0 Å². The summed E-state index contributed by atoms with van der Waals surface area (Å²) in [6.07, 6.45) is 8.52. The molecule has 3 aliphatic rings. The summed E-state index contributed by atoms with van der Waals surface area (Å²) in [6, 6.07) is 0.797. The van der Waals surface area contributed by atoms with Gasteiger partial charge < -0.3 is 10.4 Å². The molecule has 3 saturated heterocycles. The Kier molecular flexibility index (Phi) is 2.94. The van der Waals surface area contributed by atoms with Gasteiger partial charge in [0.25, 0.3) is 0 Å². The molecule has 0 aliphatic carbocycles. The topological polar surface area (TPSA) is 35.5 Å². The lowest BCUT2D eigenvalue weighted by Crippen LogP contribution is -2.56. The van der Waals surface area contributed by atoms with E-state index in [-0.39, 0.29) is 0 Å². The summed E-state index contributed by atoms with van der Waals surface area (Å²) >= 11 is 0. The standard InChI is InChI=1S/C13H24N2O/c16-13(11-5-2-1-3-8-14-11)7-10-15-9-4-6-12(13)15/h11-12,14,16H,1-10H2. The highest BCUT2D eigenvalue weighted by atomic mass is 16.3. The molecule has 3 nitrogen and oxygen atoms in total. The molecular formula is C13H24N2O. The maximum atomic E-state index is 11.0. The van der Waals surface area contributed by atoms with Crippen molar-refractivity contribution in [2.24, 2.45) is 0 Å². The molecule has 92 valence electrons. The fraction of sp³-hybridized carbons (Fsp3) is 1.00. The lowest BCUT2D eigenvalue weighted by molar-refractivity contribution is -0.0223. The molecule has 3 rings (SSSR count). The Balaban J connectivity index is 1.75. The van der Waals surface area contributed by atoms with Crippen LogP contribution in [0.2, 0.25) is 0 Å². The Morgan fingerprint density at radius 2 is 2.00 bits per heavy atom. The Bertz CT molecular complexity index is 250. The average Bonchev–Trinajstić information content (AvgIpc) is 2.75. The Morgan fingerprint density at radius 1 is 1.06 bits per heavy atom. The molecule has 0 aromatic carbocycles. The van der Waals surface area contributed by atoms with Gasteiger partial charge in [0.15, 0.2) is 0 Å². The summed E-state index contributed by atoms with van der Waals surface area (Å²) < 4.78 is 0. The first-order valence-corrected chi connectivity index (χ1v) is 7.00. The lowest BCUT2D eigenvalue weighted by atomic mass is 9.83. The summed E-state index contributed by atoms with van der Waals surface area (Å²) in [6.45, 7) is 3.42. The lowest BCUT2D eigenvalue weighted by Gasteiger charge is -2.37. The zero-order valence-corrected chi connectivity index (χ0v) is 10.1. The zero-order valence-electron chi connectivity index (χ0n) is 10.1. The first kappa shape index (κ1) is 11.0. The van der Waals surface area contributed by atoms with Crippen LogP contribution in [0, 0.1) is 0 Å². The Morgan fingerprint density at radius 3 is 2.94 bits per heavy atom. The van der Waals surface area contributed by atoms with E-state index < -0.39 is 5.60 Å². The third-order valence-electron chi connectivity index (χ3n) is 4.90. The van der Waals surface area contributed by atoms with Crippen molar-refractivity contribution in [1.82, 2.24) is 10.2 Å². The van der Waals surface area contributed by atoms with Crippen LogP contribution in [0.25, 0.3) is 0 Å². The van der Waals surface area contributed by atoms with E-state index in [1.54, 1.807) is 0 Å². The van der Waals surface area contributed by atoms with Gasteiger partial charge in [0.05, 0.1) is 5.60 Å². The molecule has 3 atom stereocenters. The second-order valence-corrected chi connectivity index (χ2v) is 5.79. The number of nitrogens with zero attached hydrogens (tertiary/aromatic N) is 1. The van der Waals surface area contributed by atoms with Crippen molar-refractivity contribution in [3.63, 3.8) is 0 Å². The van der Waals surface area contributed by atoms with Gasteiger partial charge in [0.1, 0.15) is 0 Å². The van der Waals surface area contributed by atoms with Crippen molar-refractivity contribution < 1.29 is 5.11 Å². The maximum absolute atomic E-state index is 11.0. The third kappa shape index (κ3) is 1.69. The van der Waals surface area contributed by atoms with Gasteiger partial charge in [-0.2, -0.15) is 0 Å². The molecule has 3 fully saturated rings. The minimum Gasteiger partial charge on any atom is -0.387 e. The van der Waals surface area contributed by atoms with Crippen molar-refractivity contribution >= 4 is 0 Å². The van der Waals surface area contributed by atoms with Crippen molar-refractivity contribution in [1.29, 1.82) is 0 Å². The molecule has 16 heavy (non-hydrogen) atoms. The highest BCUT2D eigenvalue weighted by Crippen LogP contribution is 2.39. The summed E-state index contributed by atoms with van der Waals surface area (Å²) in [5, 5.41) is 14.6. The largest absolute Gasteiger partial charge is 0.387 e. The minimum absolute atomic E-state index is 0.350. The van der Waals surface area contributed by atoms with E-state index in [9.17, 15) is 5.11 Å². The molecule has 2 N–H and O–H groups in total. The van der Waals surface area contributed by atoms with Crippen LogP contribution in [-0.2, 0) is 0 Å². The van der Waals surface area contributed by atoms with Crippen LogP contribution in [0.1, 0.15) is 44.9 Å². The molecule has 0 bridgehead atoms. The normalized spacial score (nSPS) is 45.6. The van der Waals surface area contributed by atoms with Crippen LogP contribution >= 0.6 is 0 Å². The van der Waals surface area contributed by atoms with E-state index in [0.717, 1.165) is 19.5 Å². The molecule has 0 saturated carbocycles. The van der Waals surface area contributed by atoms with Crippen LogP contribution < -0.4 is 5.32 Å². The molecule has 0 radical (unpaired) electrons. The number of hydrogen-bond acceptors (Lipinski definition) is 3. The Labute approximate surface area is 98.2 Å². The summed E-state index contributed by atoms with van der Waals surface area (Å²) in [7, 11) is 0. The molecule has 3 heterocycles. The van der Waals surface area contributed by atoms with Crippen LogP contribution in [-0.4, -0.2) is 47.3 Å². The number of fused-ring (bicyclic) bond motifs is 1. The predicted molar refractivity (Wildman–Crippen MR) is 64.4 cm³/mol.